The second-order valence-corrected chi connectivity index (χ2v) is 11.0. The van der Waals surface area contributed by atoms with Crippen molar-refractivity contribution in [3.05, 3.63) is 91.6 Å². The highest BCUT2D eigenvalue weighted by molar-refractivity contribution is 9.10. The van der Waals surface area contributed by atoms with Crippen molar-refractivity contribution >= 4 is 39.1 Å². The van der Waals surface area contributed by atoms with E-state index in [1.165, 1.54) is 16.0 Å². The topological polar surface area (TPSA) is 40.6 Å². The van der Waals surface area contributed by atoms with Gasteiger partial charge in [-0.3, -0.25) is 9.59 Å². The van der Waals surface area contributed by atoms with Crippen LogP contribution >= 0.6 is 27.3 Å². The van der Waals surface area contributed by atoms with Crippen molar-refractivity contribution in [1.29, 1.82) is 0 Å². The molecule has 6 heteroatoms. The Morgan fingerprint density at radius 2 is 1.91 bits per heavy atom. The zero-order valence-electron chi connectivity index (χ0n) is 19.3. The first-order valence-electron chi connectivity index (χ1n) is 11.3. The summed E-state index contributed by atoms with van der Waals surface area (Å²) in [5, 5.41) is 2.11. The fourth-order valence-corrected chi connectivity index (χ4v) is 5.71. The molecule has 2 amide bonds. The Kier molecular flexibility index (Phi) is 7.35. The van der Waals surface area contributed by atoms with Gasteiger partial charge in [0, 0.05) is 28.0 Å². The molecule has 2 aromatic carbocycles. The average Bonchev–Trinajstić information content (AvgIpc) is 3.27. The Morgan fingerprint density at radius 3 is 2.61 bits per heavy atom. The Bertz CT molecular complexity index is 1140. The third kappa shape index (κ3) is 5.39. The summed E-state index contributed by atoms with van der Waals surface area (Å²) in [6.07, 6.45) is 0.852. The summed E-state index contributed by atoms with van der Waals surface area (Å²) in [6, 6.07) is 17.8. The third-order valence-corrected chi connectivity index (χ3v) is 7.44. The van der Waals surface area contributed by atoms with E-state index >= 15 is 0 Å². The van der Waals surface area contributed by atoms with Gasteiger partial charge in [0.15, 0.2) is 0 Å². The number of carbonyl (C=O) groups is 2. The minimum atomic E-state index is -0.116. The van der Waals surface area contributed by atoms with E-state index in [0.29, 0.717) is 18.7 Å². The van der Waals surface area contributed by atoms with E-state index in [1.54, 1.807) is 22.3 Å². The molecule has 172 valence electrons. The van der Waals surface area contributed by atoms with Gasteiger partial charge in [-0.1, -0.05) is 65.7 Å². The van der Waals surface area contributed by atoms with Crippen molar-refractivity contribution in [3.8, 4) is 0 Å². The SMILES string of the molecule is Cc1ccc(C2c3ccsc3CCN2C(=O)CN(CC(C)C)C(=O)c2cccc(Br)c2)cc1. The molecule has 0 bridgehead atoms. The van der Waals surface area contributed by atoms with Gasteiger partial charge in [0.2, 0.25) is 5.91 Å². The van der Waals surface area contributed by atoms with Crippen LogP contribution in [0.3, 0.4) is 0 Å². The molecule has 1 aliphatic rings. The van der Waals surface area contributed by atoms with Crippen molar-refractivity contribution in [2.45, 2.75) is 33.2 Å². The van der Waals surface area contributed by atoms with Gasteiger partial charge in [0.1, 0.15) is 6.54 Å². The molecule has 4 nitrogen and oxygen atoms in total. The highest BCUT2D eigenvalue weighted by Crippen LogP contribution is 2.38. The minimum Gasteiger partial charge on any atom is -0.330 e. The number of halogens is 1. The Labute approximate surface area is 208 Å². The summed E-state index contributed by atoms with van der Waals surface area (Å²) in [7, 11) is 0. The van der Waals surface area contributed by atoms with Crippen molar-refractivity contribution in [2.24, 2.45) is 5.92 Å². The highest BCUT2D eigenvalue weighted by atomic mass is 79.9. The van der Waals surface area contributed by atoms with Gasteiger partial charge in [-0.25, -0.2) is 0 Å². The lowest BCUT2D eigenvalue weighted by atomic mass is 9.92. The first-order chi connectivity index (χ1) is 15.8. The normalized spacial score (nSPS) is 15.4. The first-order valence-corrected chi connectivity index (χ1v) is 13.0. The van der Waals surface area contributed by atoms with Crippen molar-refractivity contribution in [1.82, 2.24) is 9.80 Å². The Balaban J connectivity index is 1.62. The van der Waals surface area contributed by atoms with Gasteiger partial charge >= 0.3 is 0 Å². The molecule has 33 heavy (non-hydrogen) atoms. The third-order valence-electron chi connectivity index (χ3n) is 5.95. The summed E-state index contributed by atoms with van der Waals surface area (Å²) < 4.78 is 0.852. The zero-order chi connectivity index (χ0) is 23.5. The summed E-state index contributed by atoms with van der Waals surface area (Å²) in [4.78, 5) is 32.0. The van der Waals surface area contributed by atoms with Crippen LogP contribution in [-0.2, 0) is 11.2 Å². The van der Waals surface area contributed by atoms with Crippen LogP contribution in [0.25, 0.3) is 0 Å². The number of rotatable bonds is 6. The van der Waals surface area contributed by atoms with Gasteiger partial charge < -0.3 is 9.80 Å². The molecule has 0 N–H and O–H groups in total. The van der Waals surface area contributed by atoms with Crippen LogP contribution in [0.1, 0.15) is 51.8 Å². The fraction of sp³-hybridized carbons (Fsp3) is 0.333. The number of aryl methyl sites for hydroxylation is 1. The summed E-state index contributed by atoms with van der Waals surface area (Å²) in [5.41, 5.74) is 4.10. The number of thiophene rings is 1. The molecule has 0 radical (unpaired) electrons. The minimum absolute atomic E-state index is 0.0126. The second kappa shape index (κ2) is 10.2. The average molecular weight is 526 g/mol. The van der Waals surface area contributed by atoms with Gasteiger partial charge in [0.05, 0.1) is 6.04 Å². The predicted molar refractivity (Wildman–Crippen MR) is 138 cm³/mol. The first kappa shape index (κ1) is 23.7. The van der Waals surface area contributed by atoms with Gasteiger partial charge in [-0.05, 0) is 60.0 Å². The number of hydrogen-bond acceptors (Lipinski definition) is 3. The van der Waals surface area contributed by atoms with Gasteiger partial charge in [-0.2, -0.15) is 0 Å². The molecule has 1 unspecified atom stereocenters. The van der Waals surface area contributed by atoms with E-state index < -0.39 is 0 Å². The zero-order valence-corrected chi connectivity index (χ0v) is 21.7. The lowest BCUT2D eigenvalue weighted by Crippen LogP contribution is -2.47. The molecule has 4 rings (SSSR count). The number of benzene rings is 2. The van der Waals surface area contributed by atoms with Crippen LogP contribution in [0.5, 0.6) is 0 Å². The maximum absolute atomic E-state index is 13.7. The highest BCUT2D eigenvalue weighted by Gasteiger charge is 2.34. The Hall–Kier alpha value is -2.44. The van der Waals surface area contributed by atoms with Crippen LogP contribution in [0.4, 0.5) is 0 Å². The second-order valence-electron chi connectivity index (χ2n) is 9.04. The van der Waals surface area contributed by atoms with E-state index in [0.717, 1.165) is 16.5 Å². The van der Waals surface area contributed by atoms with Crippen LogP contribution in [0.15, 0.2) is 64.5 Å². The maximum atomic E-state index is 13.7. The number of amides is 2. The Morgan fingerprint density at radius 1 is 1.15 bits per heavy atom. The van der Waals surface area contributed by atoms with E-state index in [4.69, 9.17) is 0 Å². The molecular weight excluding hydrogens is 496 g/mol. The largest absolute Gasteiger partial charge is 0.330 e. The lowest BCUT2D eigenvalue weighted by molar-refractivity contribution is -0.134. The van der Waals surface area contributed by atoms with Crippen LogP contribution in [-0.4, -0.2) is 41.2 Å². The van der Waals surface area contributed by atoms with Crippen molar-refractivity contribution in [2.75, 3.05) is 19.6 Å². The monoisotopic (exact) mass is 524 g/mol. The van der Waals surface area contributed by atoms with E-state index in [2.05, 4.69) is 72.4 Å². The van der Waals surface area contributed by atoms with E-state index in [-0.39, 0.29) is 30.3 Å². The molecule has 0 aliphatic carbocycles. The molecule has 3 aromatic rings. The molecular formula is C27H29BrN2O2S. The smallest absolute Gasteiger partial charge is 0.254 e. The van der Waals surface area contributed by atoms with E-state index in [9.17, 15) is 9.59 Å². The van der Waals surface area contributed by atoms with Crippen LogP contribution in [0.2, 0.25) is 0 Å². The lowest BCUT2D eigenvalue weighted by Gasteiger charge is -2.38. The number of hydrogen-bond donors (Lipinski definition) is 0. The van der Waals surface area contributed by atoms with E-state index in [1.807, 2.05) is 23.1 Å². The predicted octanol–water partition coefficient (Wildman–Crippen LogP) is 6.09. The molecule has 0 fully saturated rings. The van der Waals surface area contributed by atoms with Gasteiger partial charge in [-0.15, -0.1) is 11.3 Å². The summed E-state index contributed by atoms with van der Waals surface area (Å²) >= 11 is 5.21. The molecule has 1 atom stereocenters. The number of fused-ring (bicyclic) bond motifs is 1. The quantitative estimate of drug-likeness (QED) is 0.391. The van der Waals surface area contributed by atoms with Crippen LogP contribution < -0.4 is 0 Å². The summed E-state index contributed by atoms with van der Waals surface area (Å²) in [5.74, 6) is 0.131. The van der Waals surface area contributed by atoms with Gasteiger partial charge in [0.25, 0.3) is 5.91 Å². The van der Waals surface area contributed by atoms with Crippen molar-refractivity contribution in [3.63, 3.8) is 0 Å². The standard InChI is InChI=1S/C27H29BrN2O2S/c1-18(2)16-29(27(32)21-5-4-6-22(28)15-21)17-25(31)30-13-11-24-23(12-14-33-24)26(30)20-9-7-19(3)8-10-20/h4-10,12,14-15,18,26H,11,13,16-17H2,1-3H3. The molecule has 0 spiro atoms. The number of nitrogens with zero attached hydrogens (tertiary/aromatic N) is 2. The molecule has 0 saturated carbocycles. The van der Waals surface area contributed by atoms with Crippen LogP contribution in [0, 0.1) is 12.8 Å². The molecule has 2 heterocycles. The summed E-state index contributed by atoms with van der Waals surface area (Å²) in [6.45, 7) is 7.47. The number of carbonyl (C=O) groups excluding carboxylic acids is 2. The molecule has 0 saturated heterocycles. The maximum Gasteiger partial charge on any atom is 0.254 e. The van der Waals surface area contributed by atoms with Crippen molar-refractivity contribution < 1.29 is 9.59 Å². The fourth-order valence-electron chi connectivity index (χ4n) is 4.41. The molecule has 1 aliphatic heterocycles. The molecule has 1 aromatic heterocycles.